The molecule has 1 aliphatic carbocycles. The zero-order chi connectivity index (χ0) is 9.26. The molecule has 0 aromatic heterocycles. The molecule has 0 saturated heterocycles. The molecular formula is C9H10N2O2. The van der Waals surface area contributed by atoms with Gasteiger partial charge in [0.25, 0.3) is 0 Å². The highest BCUT2D eigenvalue weighted by Gasteiger charge is 2.23. The first-order valence-corrected chi connectivity index (χ1v) is 4.10. The van der Waals surface area contributed by atoms with Gasteiger partial charge >= 0.3 is 0 Å². The minimum absolute atomic E-state index is 0.0342. The van der Waals surface area contributed by atoms with Crippen LogP contribution in [0.25, 0.3) is 0 Å². The van der Waals surface area contributed by atoms with Gasteiger partial charge in [0.05, 0.1) is 12.6 Å². The Balaban J connectivity index is 2.24. The summed E-state index contributed by atoms with van der Waals surface area (Å²) in [4.78, 5) is 15.0. The van der Waals surface area contributed by atoms with Crippen LogP contribution < -0.4 is 5.73 Å². The van der Waals surface area contributed by atoms with Crippen molar-refractivity contribution in [2.24, 2.45) is 10.7 Å². The molecule has 2 unspecified atom stereocenters. The lowest BCUT2D eigenvalue weighted by atomic mass is 9.99. The predicted octanol–water partition coefficient (Wildman–Crippen LogP) is -0.194. The second kappa shape index (κ2) is 3.14. The van der Waals surface area contributed by atoms with Crippen LogP contribution in [0.3, 0.4) is 0 Å². The molecule has 2 rings (SSSR count). The van der Waals surface area contributed by atoms with E-state index >= 15 is 0 Å². The van der Waals surface area contributed by atoms with E-state index in [-0.39, 0.29) is 12.1 Å². The van der Waals surface area contributed by atoms with Gasteiger partial charge in [0, 0.05) is 11.8 Å². The summed E-state index contributed by atoms with van der Waals surface area (Å²) in [6.07, 6.45) is 6.91. The molecule has 0 fully saturated rings. The van der Waals surface area contributed by atoms with Crippen LogP contribution in [0.1, 0.15) is 0 Å². The summed E-state index contributed by atoms with van der Waals surface area (Å²) in [6.45, 7) is 0.533. The van der Waals surface area contributed by atoms with Crippen molar-refractivity contribution in [3.63, 3.8) is 0 Å². The Morgan fingerprint density at radius 3 is 3.31 bits per heavy atom. The van der Waals surface area contributed by atoms with Crippen molar-refractivity contribution >= 4 is 12.1 Å². The lowest BCUT2D eigenvalue weighted by molar-refractivity contribution is -0.114. The van der Waals surface area contributed by atoms with E-state index in [0.717, 1.165) is 0 Å². The van der Waals surface area contributed by atoms with Gasteiger partial charge in [-0.1, -0.05) is 12.2 Å². The molecule has 2 atom stereocenters. The van der Waals surface area contributed by atoms with Gasteiger partial charge in [0.15, 0.2) is 0 Å². The summed E-state index contributed by atoms with van der Waals surface area (Å²) in [5.74, 6) is -0.421. The van der Waals surface area contributed by atoms with Gasteiger partial charge in [-0.05, 0) is 6.08 Å². The van der Waals surface area contributed by atoms with Crippen molar-refractivity contribution in [2.75, 3.05) is 6.61 Å². The molecule has 0 aromatic carbocycles. The lowest BCUT2D eigenvalue weighted by Gasteiger charge is -2.25. The largest absolute Gasteiger partial charge is 0.366 e. The number of nitrogens with two attached hydrogens (primary N) is 1. The lowest BCUT2D eigenvalue weighted by Crippen LogP contribution is -2.32. The fraction of sp³-hybridized carbons (Fsp3) is 0.333. The number of hydrogen-bond donors (Lipinski definition) is 1. The van der Waals surface area contributed by atoms with Crippen LogP contribution in [0.15, 0.2) is 28.8 Å². The van der Waals surface area contributed by atoms with Crippen molar-refractivity contribution in [1.29, 1.82) is 0 Å². The van der Waals surface area contributed by atoms with E-state index in [1.807, 2.05) is 6.08 Å². The van der Waals surface area contributed by atoms with Crippen molar-refractivity contribution in [3.8, 4) is 0 Å². The molecule has 0 saturated carbocycles. The first-order valence-electron chi connectivity index (χ1n) is 4.10. The first kappa shape index (κ1) is 8.19. The summed E-state index contributed by atoms with van der Waals surface area (Å²) in [7, 11) is 0. The maximum atomic E-state index is 10.8. The molecule has 4 nitrogen and oxygen atoms in total. The quantitative estimate of drug-likeness (QED) is 0.604. The number of fused-ring (bicyclic) bond motifs is 1. The fourth-order valence-corrected chi connectivity index (χ4v) is 1.41. The second-order valence-electron chi connectivity index (χ2n) is 2.97. The molecule has 2 N–H and O–H groups in total. The molecule has 2 aliphatic rings. The van der Waals surface area contributed by atoms with Gasteiger partial charge in [-0.2, -0.15) is 0 Å². The number of carbonyl (C=O) groups is 1. The molecule has 0 radical (unpaired) electrons. The van der Waals surface area contributed by atoms with Crippen LogP contribution in [0.2, 0.25) is 0 Å². The molecule has 4 heteroatoms. The van der Waals surface area contributed by atoms with Gasteiger partial charge in [0.2, 0.25) is 5.91 Å². The van der Waals surface area contributed by atoms with Gasteiger partial charge in [0.1, 0.15) is 6.10 Å². The van der Waals surface area contributed by atoms with Crippen molar-refractivity contribution in [2.45, 2.75) is 12.1 Å². The molecule has 1 aliphatic heterocycles. The highest BCUT2D eigenvalue weighted by atomic mass is 16.5. The highest BCUT2D eigenvalue weighted by molar-refractivity contribution is 5.95. The average molecular weight is 178 g/mol. The Kier molecular flexibility index (Phi) is 1.98. The number of amides is 1. The van der Waals surface area contributed by atoms with Crippen molar-refractivity contribution in [3.05, 3.63) is 23.8 Å². The maximum Gasteiger partial charge on any atom is 0.248 e. The number of primary amides is 1. The van der Waals surface area contributed by atoms with Crippen molar-refractivity contribution in [1.82, 2.24) is 0 Å². The molecule has 13 heavy (non-hydrogen) atoms. The van der Waals surface area contributed by atoms with Crippen LogP contribution in [-0.2, 0) is 9.53 Å². The first-order chi connectivity index (χ1) is 6.27. The monoisotopic (exact) mass is 178 g/mol. The second-order valence-corrected chi connectivity index (χ2v) is 2.97. The minimum Gasteiger partial charge on any atom is -0.366 e. The molecule has 0 bridgehead atoms. The van der Waals surface area contributed by atoms with E-state index in [2.05, 4.69) is 4.99 Å². The SMILES string of the molecule is NC(=O)C1=CC2N=CCOC2C=C1. The topological polar surface area (TPSA) is 64.7 Å². The third-order valence-electron chi connectivity index (χ3n) is 2.08. The third-order valence-corrected chi connectivity index (χ3v) is 2.08. The number of nitrogens with zero attached hydrogens (tertiary/aromatic N) is 1. The number of carbonyl (C=O) groups excluding carboxylic acids is 1. The van der Waals surface area contributed by atoms with Gasteiger partial charge in [-0.15, -0.1) is 0 Å². The van der Waals surface area contributed by atoms with Crippen LogP contribution >= 0.6 is 0 Å². The Morgan fingerprint density at radius 2 is 2.54 bits per heavy atom. The van der Waals surface area contributed by atoms with E-state index in [0.29, 0.717) is 12.2 Å². The minimum atomic E-state index is -0.421. The van der Waals surface area contributed by atoms with E-state index in [1.54, 1.807) is 18.4 Å². The predicted molar refractivity (Wildman–Crippen MR) is 48.4 cm³/mol. The molecule has 0 aromatic rings. The van der Waals surface area contributed by atoms with Crippen LogP contribution in [0.5, 0.6) is 0 Å². The molecular weight excluding hydrogens is 168 g/mol. The van der Waals surface area contributed by atoms with Crippen LogP contribution in [0.4, 0.5) is 0 Å². The Labute approximate surface area is 75.8 Å². The summed E-state index contributed by atoms with van der Waals surface area (Å²) in [6, 6.07) is -0.0822. The Morgan fingerprint density at radius 1 is 1.69 bits per heavy atom. The molecule has 68 valence electrons. The zero-order valence-electron chi connectivity index (χ0n) is 7.01. The fourth-order valence-electron chi connectivity index (χ4n) is 1.41. The summed E-state index contributed by atoms with van der Waals surface area (Å²) < 4.78 is 5.38. The van der Waals surface area contributed by atoms with Crippen LogP contribution in [0, 0.1) is 0 Å². The molecule has 1 heterocycles. The number of aliphatic imine (C=N–C) groups is 1. The van der Waals surface area contributed by atoms with E-state index in [4.69, 9.17) is 10.5 Å². The summed E-state index contributed by atoms with van der Waals surface area (Å²) in [5, 5.41) is 0. The van der Waals surface area contributed by atoms with E-state index < -0.39 is 5.91 Å². The van der Waals surface area contributed by atoms with Crippen LogP contribution in [-0.4, -0.2) is 30.9 Å². The maximum absolute atomic E-state index is 10.8. The van der Waals surface area contributed by atoms with Gasteiger partial charge < -0.3 is 10.5 Å². The third kappa shape index (κ3) is 1.53. The zero-order valence-corrected chi connectivity index (χ0v) is 7.01. The summed E-state index contributed by atoms with van der Waals surface area (Å²) >= 11 is 0. The Hall–Kier alpha value is -1.42. The van der Waals surface area contributed by atoms with Gasteiger partial charge in [-0.25, -0.2) is 0 Å². The Bertz CT molecular complexity index is 318. The standard InChI is InChI=1S/C9H10N2O2/c10-9(12)6-1-2-8-7(5-6)11-3-4-13-8/h1-3,5,7-8H,4H2,(H2,10,12). The van der Waals surface area contributed by atoms with Gasteiger partial charge in [-0.3, -0.25) is 9.79 Å². The average Bonchev–Trinajstić information content (AvgIpc) is 2.17. The summed E-state index contributed by atoms with van der Waals surface area (Å²) in [5.41, 5.74) is 5.64. The van der Waals surface area contributed by atoms with E-state index in [9.17, 15) is 4.79 Å². The molecule has 1 amide bonds. The number of hydrogen-bond acceptors (Lipinski definition) is 3. The molecule has 0 spiro atoms. The van der Waals surface area contributed by atoms with E-state index in [1.165, 1.54) is 0 Å². The number of rotatable bonds is 1. The normalized spacial score (nSPS) is 30.9. The smallest absolute Gasteiger partial charge is 0.248 e. The number of ether oxygens (including phenoxy) is 1. The van der Waals surface area contributed by atoms with Crippen molar-refractivity contribution < 1.29 is 9.53 Å². The highest BCUT2D eigenvalue weighted by Crippen LogP contribution is 2.18.